The highest BCUT2D eigenvalue weighted by Gasteiger charge is 2.20. The molecule has 2 aromatic rings. The average molecular weight is 374 g/mol. The lowest BCUT2D eigenvalue weighted by Gasteiger charge is -2.23. The Balaban J connectivity index is 2.21. The van der Waals surface area contributed by atoms with Gasteiger partial charge >= 0.3 is 0 Å². The highest BCUT2D eigenvalue weighted by atomic mass is 32.2. The first-order chi connectivity index (χ1) is 12.2. The molecule has 0 unspecified atom stereocenters. The largest absolute Gasteiger partial charge is 0.279 e. The van der Waals surface area contributed by atoms with E-state index in [1.165, 1.54) is 5.56 Å². The third kappa shape index (κ3) is 4.88. The summed E-state index contributed by atoms with van der Waals surface area (Å²) in [7, 11) is -3.58. The predicted octanol–water partition coefficient (Wildman–Crippen LogP) is 5.83. The van der Waals surface area contributed by atoms with Gasteiger partial charge in [0.15, 0.2) is 0 Å². The van der Waals surface area contributed by atoms with Crippen LogP contribution < -0.4 is 4.72 Å². The first kappa shape index (κ1) is 20.5. The summed E-state index contributed by atoms with van der Waals surface area (Å²) in [5.74, 6) is 0. The van der Waals surface area contributed by atoms with Crippen LogP contribution in [-0.2, 0) is 21.9 Å². The Morgan fingerprint density at radius 2 is 1.65 bits per heavy atom. The summed E-state index contributed by atoms with van der Waals surface area (Å²) >= 11 is 0. The quantitative estimate of drug-likeness (QED) is 0.633. The third-order valence-electron chi connectivity index (χ3n) is 5.18. The summed E-state index contributed by atoms with van der Waals surface area (Å²) in [6.45, 7) is 10.6. The van der Waals surface area contributed by atoms with Crippen molar-refractivity contribution in [1.29, 1.82) is 0 Å². The van der Waals surface area contributed by atoms with Gasteiger partial charge in [0.2, 0.25) is 0 Å². The van der Waals surface area contributed by atoms with Gasteiger partial charge in [-0.2, -0.15) is 0 Å². The molecule has 26 heavy (non-hydrogen) atoms. The van der Waals surface area contributed by atoms with Gasteiger partial charge in [0.1, 0.15) is 0 Å². The van der Waals surface area contributed by atoms with E-state index in [0.717, 1.165) is 36.8 Å². The van der Waals surface area contributed by atoms with E-state index >= 15 is 0 Å². The second kappa shape index (κ2) is 8.26. The van der Waals surface area contributed by atoms with E-state index in [2.05, 4.69) is 38.5 Å². The molecule has 3 nitrogen and oxygen atoms in total. The fraction of sp³-hybridized carbons (Fsp3) is 0.455. The van der Waals surface area contributed by atoms with Crippen LogP contribution in [0.4, 0.5) is 5.69 Å². The Kier molecular flexibility index (Phi) is 6.51. The Morgan fingerprint density at radius 3 is 2.19 bits per heavy atom. The first-order valence-corrected chi connectivity index (χ1v) is 10.9. The van der Waals surface area contributed by atoms with Crippen molar-refractivity contribution in [1.82, 2.24) is 0 Å². The maximum absolute atomic E-state index is 12.7. The van der Waals surface area contributed by atoms with Gasteiger partial charge in [-0.15, -0.1) is 0 Å². The SMILES string of the molecule is CCCCc1ccc(NS(=O)(=O)c2ccc(C(C)(C)CC)cc2)c(C)c1. The summed E-state index contributed by atoms with van der Waals surface area (Å²) in [5, 5.41) is 0. The van der Waals surface area contributed by atoms with E-state index in [4.69, 9.17) is 0 Å². The van der Waals surface area contributed by atoms with Crippen molar-refractivity contribution in [3.05, 3.63) is 59.2 Å². The van der Waals surface area contributed by atoms with Crippen LogP contribution in [0.3, 0.4) is 0 Å². The molecular weight excluding hydrogens is 342 g/mol. The number of anilines is 1. The Morgan fingerprint density at radius 1 is 1.00 bits per heavy atom. The van der Waals surface area contributed by atoms with Crippen molar-refractivity contribution < 1.29 is 8.42 Å². The molecule has 0 spiro atoms. The minimum Gasteiger partial charge on any atom is -0.279 e. The van der Waals surface area contributed by atoms with Gasteiger partial charge in [-0.25, -0.2) is 8.42 Å². The van der Waals surface area contributed by atoms with E-state index in [0.29, 0.717) is 10.6 Å². The highest BCUT2D eigenvalue weighted by Crippen LogP contribution is 2.28. The summed E-state index contributed by atoms with van der Waals surface area (Å²) in [6.07, 6.45) is 4.32. The maximum Gasteiger partial charge on any atom is 0.261 e. The molecule has 1 N–H and O–H groups in total. The molecule has 0 aromatic heterocycles. The van der Waals surface area contributed by atoms with Crippen LogP contribution in [0.15, 0.2) is 47.4 Å². The van der Waals surface area contributed by atoms with Crippen molar-refractivity contribution in [3.8, 4) is 0 Å². The molecule has 0 radical (unpaired) electrons. The molecule has 2 rings (SSSR count). The van der Waals surface area contributed by atoms with Crippen molar-refractivity contribution in [3.63, 3.8) is 0 Å². The van der Waals surface area contributed by atoms with E-state index in [1.54, 1.807) is 12.1 Å². The van der Waals surface area contributed by atoms with E-state index in [-0.39, 0.29) is 5.41 Å². The minimum absolute atomic E-state index is 0.0423. The van der Waals surface area contributed by atoms with Crippen LogP contribution >= 0.6 is 0 Å². The van der Waals surface area contributed by atoms with Gasteiger partial charge < -0.3 is 0 Å². The fourth-order valence-corrected chi connectivity index (χ4v) is 4.00. The second-order valence-electron chi connectivity index (χ2n) is 7.62. The van der Waals surface area contributed by atoms with Crippen molar-refractivity contribution in [2.45, 2.75) is 70.6 Å². The van der Waals surface area contributed by atoms with Crippen molar-refractivity contribution >= 4 is 15.7 Å². The number of hydrogen-bond donors (Lipinski definition) is 1. The average Bonchev–Trinajstić information content (AvgIpc) is 2.62. The van der Waals surface area contributed by atoms with Gasteiger partial charge in [0.05, 0.1) is 10.6 Å². The van der Waals surface area contributed by atoms with Crippen LogP contribution in [0, 0.1) is 6.92 Å². The van der Waals surface area contributed by atoms with Crippen LogP contribution in [-0.4, -0.2) is 8.42 Å². The molecule has 0 saturated heterocycles. The topological polar surface area (TPSA) is 46.2 Å². The van der Waals surface area contributed by atoms with E-state index < -0.39 is 10.0 Å². The van der Waals surface area contributed by atoms with Gasteiger partial charge in [-0.1, -0.05) is 58.4 Å². The molecule has 0 saturated carbocycles. The van der Waals surface area contributed by atoms with Crippen LogP contribution in [0.1, 0.15) is 63.6 Å². The normalized spacial score (nSPS) is 12.2. The number of rotatable bonds is 8. The molecule has 0 aliphatic rings. The molecular formula is C22H31NO2S. The summed E-state index contributed by atoms with van der Waals surface area (Å²) in [4.78, 5) is 0.294. The zero-order valence-corrected chi connectivity index (χ0v) is 17.4. The molecule has 0 amide bonds. The molecule has 0 aliphatic carbocycles. The number of benzene rings is 2. The third-order valence-corrected chi connectivity index (χ3v) is 6.57. The lowest BCUT2D eigenvalue weighted by Crippen LogP contribution is -2.17. The number of nitrogens with one attached hydrogen (secondary N) is 1. The van der Waals surface area contributed by atoms with E-state index in [9.17, 15) is 8.42 Å². The van der Waals surface area contributed by atoms with Gasteiger partial charge in [-0.05, 0) is 66.5 Å². The standard InChI is InChI=1S/C22H31NO2S/c1-6-8-9-18-10-15-21(17(3)16-18)23-26(24,25)20-13-11-19(12-14-20)22(4,5)7-2/h10-16,23H,6-9H2,1-5H3. The van der Waals surface area contributed by atoms with Crippen LogP contribution in [0.5, 0.6) is 0 Å². The molecule has 4 heteroatoms. The summed E-state index contributed by atoms with van der Waals surface area (Å²) < 4.78 is 28.2. The fourth-order valence-electron chi connectivity index (χ4n) is 2.87. The van der Waals surface area contributed by atoms with Crippen LogP contribution in [0.2, 0.25) is 0 Å². The number of sulfonamides is 1. The Bertz CT molecular complexity index is 837. The Hall–Kier alpha value is -1.81. The molecule has 0 aliphatic heterocycles. The highest BCUT2D eigenvalue weighted by molar-refractivity contribution is 7.92. The van der Waals surface area contributed by atoms with Gasteiger partial charge in [0, 0.05) is 0 Å². The number of aryl methyl sites for hydroxylation is 2. The molecule has 0 atom stereocenters. The van der Waals surface area contributed by atoms with Gasteiger partial charge in [0.25, 0.3) is 10.0 Å². The minimum atomic E-state index is -3.58. The predicted molar refractivity (Wildman–Crippen MR) is 110 cm³/mol. The van der Waals surface area contributed by atoms with Gasteiger partial charge in [-0.3, -0.25) is 4.72 Å². The molecule has 0 bridgehead atoms. The lowest BCUT2D eigenvalue weighted by atomic mass is 9.82. The van der Waals surface area contributed by atoms with Crippen molar-refractivity contribution in [2.24, 2.45) is 0 Å². The first-order valence-electron chi connectivity index (χ1n) is 9.42. The molecule has 142 valence electrons. The maximum atomic E-state index is 12.7. The zero-order valence-electron chi connectivity index (χ0n) is 16.6. The Labute approximate surface area is 158 Å². The monoisotopic (exact) mass is 373 g/mol. The summed E-state index contributed by atoms with van der Waals surface area (Å²) in [6, 6.07) is 13.2. The lowest BCUT2D eigenvalue weighted by molar-refractivity contribution is 0.506. The second-order valence-corrected chi connectivity index (χ2v) is 9.30. The molecule has 0 fully saturated rings. The zero-order chi connectivity index (χ0) is 19.4. The molecule has 2 aromatic carbocycles. The van der Waals surface area contributed by atoms with Crippen LogP contribution in [0.25, 0.3) is 0 Å². The number of hydrogen-bond acceptors (Lipinski definition) is 2. The van der Waals surface area contributed by atoms with Crippen molar-refractivity contribution in [2.75, 3.05) is 4.72 Å². The smallest absolute Gasteiger partial charge is 0.261 e. The number of unbranched alkanes of at least 4 members (excludes halogenated alkanes) is 1. The van der Waals surface area contributed by atoms with E-state index in [1.807, 2.05) is 31.2 Å². The summed E-state index contributed by atoms with van der Waals surface area (Å²) in [5.41, 5.74) is 4.03. The molecule has 0 heterocycles.